The number of imidazole rings is 1. The molecule has 2 heterocycles. The molecular weight excluding hydrogens is 228 g/mol. The molecule has 7 heteroatoms. The number of thiazole rings is 1. The average Bonchev–Trinajstić information content (AvgIpc) is 2.76. The van der Waals surface area contributed by atoms with Crippen molar-refractivity contribution in [3.05, 3.63) is 21.7 Å². The van der Waals surface area contributed by atoms with Gasteiger partial charge in [-0.05, 0) is 11.8 Å². The van der Waals surface area contributed by atoms with Gasteiger partial charge in [-0.15, -0.1) is 5.92 Å². The molecule has 0 radical (unpaired) electrons. The van der Waals surface area contributed by atoms with Gasteiger partial charge in [0.05, 0.1) is 6.54 Å². The molecular formula is C9H8N4O2S. The molecule has 16 heavy (non-hydrogen) atoms. The van der Waals surface area contributed by atoms with Gasteiger partial charge in [0.15, 0.2) is 0 Å². The number of aromatic nitrogens is 2. The van der Waals surface area contributed by atoms with Crippen LogP contribution >= 0.6 is 11.3 Å². The summed E-state index contributed by atoms with van der Waals surface area (Å²) in [4.78, 5) is 15.2. The number of nitro groups is 1. The Balaban J connectivity index is 2.41. The van der Waals surface area contributed by atoms with Gasteiger partial charge in [0.1, 0.15) is 6.20 Å². The van der Waals surface area contributed by atoms with E-state index in [1.165, 1.54) is 15.7 Å². The van der Waals surface area contributed by atoms with Crippen LogP contribution in [-0.2, 0) is 0 Å². The van der Waals surface area contributed by atoms with Gasteiger partial charge in [-0.25, -0.2) is 0 Å². The van der Waals surface area contributed by atoms with E-state index >= 15 is 0 Å². The highest BCUT2D eigenvalue weighted by Crippen LogP contribution is 2.27. The van der Waals surface area contributed by atoms with Gasteiger partial charge in [-0.1, -0.05) is 17.3 Å². The highest BCUT2D eigenvalue weighted by Gasteiger charge is 2.22. The summed E-state index contributed by atoms with van der Waals surface area (Å²) >= 11 is 1.35. The monoisotopic (exact) mass is 236 g/mol. The molecule has 82 valence electrons. The van der Waals surface area contributed by atoms with E-state index in [1.807, 2.05) is 0 Å². The fourth-order valence-electron chi connectivity index (χ4n) is 1.28. The molecule has 1 N–H and O–H groups in total. The predicted octanol–water partition coefficient (Wildman–Crippen LogP) is 1.74. The van der Waals surface area contributed by atoms with E-state index in [4.69, 9.17) is 0 Å². The van der Waals surface area contributed by atoms with Crippen LogP contribution in [0.1, 0.15) is 6.92 Å². The van der Waals surface area contributed by atoms with Crippen molar-refractivity contribution in [1.82, 2.24) is 9.38 Å². The number of nitrogens with one attached hydrogen (secondary N) is 1. The Bertz CT molecular complexity index is 589. The number of hydrogen-bond acceptors (Lipinski definition) is 5. The molecule has 0 fully saturated rings. The van der Waals surface area contributed by atoms with E-state index in [-0.39, 0.29) is 11.6 Å². The summed E-state index contributed by atoms with van der Waals surface area (Å²) in [5.74, 6) is 5.69. The lowest BCUT2D eigenvalue weighted by Crippen LogP contribution is -2.02. The fraction of sp³-hybridized carbons (Fsp3) is 0.222. The summed E-state index contributed by atoms with van der Waals surface area (Å²) in [5.41, 5.74) is 0. The summed E-state index contributed by atoms with van der Waals surface area (Å²) < 4.78 is 1.45. The Kier molecular flexibility index (Phi) is 2.74. The van der Waals surface area contributed by atoms with E-state index in [0.29, 0.717) is 11.5 Å². The topological polar surface area (TPSA) is 72.5 Å². The lowest BCUT2D eigenvalue weighted by molar-refractivity contribution is -0.389. The molecule has 0 aromatic carbocycles. The van der Waals surface area contributed by atoms with Gasteiger partial charge in [-0.3, -0.25) is 0 Å². The van der Waals surface area contributed by atoms with E-state index in [2.05, 4.69) is 22.1 Å². The minimum atomic E-state index is -0.450. The summed E-state index contributed by atoms with van der Waals surface area (Å²) in [5, 5.41) is 15.5. The Labute approximate surface area is 95.1 Å². The van der Waals surface area contributed by atoms with Crippen LogP contribution < -0.4 is 5.32 Å². The number of rotatable bonds is 3. The van der Waals surface area contributed by atoms with E-state index in [0.717, 1.165) is 0 Å². The largest absolute Gasteiger partial charge is 0.372 e. The third kappa shape index (κ3) is 1.70. The molecule has 0 saturated heterocycles. The van der Waals surface area contributed by atoms with E-state index in [9.17, 15) is 10.1 Å². The third-order valence-corrected chi connectivity index (χ3v) is 2.69. The van der Waals surface area contributed by atoms with Gasteiger partial charge in [0.25, 0.3) is 4.96 Å². The zero-order valence-corrected chi connectivity index (χ0v) is 9.24. The highest BCUT2D eigenvalue weighted by molar-refractivity contribution is 7.15. The maximum atomic E-state index is 10.9. The molecule has 2 aromatic rings. The van der Waals surface area contributed by atoms with Crippen LogP contribution in [0.3, 0.4) is 0 Å². The normalized spacial score (nSPS) is 9.81. The van der Waals surface area contributed by atoms with E-state index < -0.39 is 4.92 Å². The first-order chi connectivity index (χ1) is 7.74. The minimum absolute atomic E-state index is 0.0471. The first-order valence-electron chi connectivity index (χ1n) is 4.47. The zero-order valence-electron chi connectivity index (χ0n) is 8.43. The zero-order chi connectivity index (χ0) is 11.5. The third-order valence-electron chi connectivity index (χ3n) is 1.93. The second kappa shape index (κ2) is 4.20. The number of nitrogens with zero attached hydrogens (tertiary/aromatic N) is 3. The standard InChI is InChI=1S/C9H8N4O2S/c1-2-3-4-10-7-8(13(14)15)12-5-6-16-9(12)11-7/h5-6,10H,4H2,1H3. The lowest BCUT2D eigenvalue weighted by atomic mass is 10.5. The van der Waals surface area contributed by atoms with Crippen molar-refractivity contribution >= 4 is 27.9 Å². The van der Waals surface area contributed by atoms with Crippen LogP contribution in [0.2, 0.25) is 0 Å². The molecule has 0 atom stereocenters. The number of anilines is 1. The first kappa shape index (κ1) is 10.4. The highest BCUT2D eigenvalue weighted by atomic mass is 32.1. The molecule has 0 aliphatic carbocycles. The van der Waals surface area contributed by atoms with Gasteiger partial charge < -0.3 is 15.4 Å². The lowest BCUT2D eigenvalue weighted by Gasteiger charge is -1.97. The molecule has 0 bridgehead atoms. The van der Waals surface area contributed by atoms with Gasteiger partial charge in [-0.2, -0.15) is 9.38 Å². The molecule has 2 rings (SSSR count). The second-order valence-corrected chi connectivity index (χ2v) is 3.75. The predicted molar refractivity (Wildman–Crippen MR) is 61.7 cm³/mol. The fourth-order valence-corrected chi connectivity index (χ4v) is 1.99. The summed E-state index contributed by atoms with van der Waals surface area (Å²) in [6, 6.07) is 0. The molecule has 0 aliphatic heterocycles. The van der Waals surface area contributed by atoms with Gasteiger partial charge in [0, 0.05) is 5.38 Å². The van der Waals surface area contributed by atoms with E-state index in [1.54, 1.807) is 18.5 Å². The molecule has 0 amide bonds. The van der Waals surface area contributed by atoms with Gasteiger partial charge in [0.2, 0.25) is 5.82 Å². The van der Waals surface area contributed by atoms with Crippen molar-refractivity contribution in [2.45, 2.75) is 6.92 Å². The SMILES string of the molecule is CC#CCNc1nc2sccn2c1[N+](=O)[O-]. The molecule has 2 aromatic heterocycles. The minimum Gasteiger partial charge on any atom is -0.358 e. The Morgan fingerprint density at radius 2 is 2.56 bits per heavy atom. The van der Waals surface area contributed by atoms with Crippen LogP contribution in [0, 0.1) is 22.0 Å². The average molecular weight is 236 g/mol. The molecule has 0 unspecified atom stereocenters. The summed E-state index contributed by atoms with van der Waals surface area (Å²) in [6.45, 7) is 2.06. The summed E-state index contributed by atoms with van der Waals surface area (Å²) in [7, 11) is 0. The number of hydrogen-bond donors (Lipinski definition) is 1. The quantitative estimate of drug-likeness (QED) is 0.500. The van der Waals surface area contributed by atoms with Crippen LogP contribution in [0.4, 0.5) is 11.6 Å². The van der Waals surface area contributed by atoms with Crippen molar-refractivity contribution < 1.29 is 4.92 Å². The first-order valence-corrected chi connectivity index (χ1v) is 5.35. The molecule has 0 aliphatic rings. The smallest absolute Gasteiger partial charge is 0.358 e. The van der Waals surface area contributed by atoms with Crippen molar-refractivity contribution in [3.8, 4) is 11.8 Å². The second-order valence-electron chi connectivity index (χ2n) is 2.88. The van der Waals surface area contributed by atoms with Crippen molar-refractivity contribution in [2.75, 3.05) is 11.9 Å². The molecule has 0 saturated carbocycles. The van der Waals surface area contributed by atoms with Crippen LogP contribution in [0.15, 0.2) is 11.6 Å². The van der Waals surface area contributed by atoms with Crippen LogP contribution in [0.25, 0.3) is 4.96 Å². The van der Waals surface area contributed by atoms with Gasteiger partial charge >= 0.3 is 5.82 Å². The van der Waals surface area contributed by atoms with Crippen molar-refractivity contribution in [2.24, 2.45) is 0 Å². The maximum absolute atomic E-state index is 10.9. The molecule has 6 nitrogen and oxygen atoms in total. The van der Waals surface area contributed by atoms with Crippen molar-refractivity contribution in [3.63, 3.8) is 0 Å². The molecule has 0 spiro atoms. The van der Waals surface area contributed by atoms with Crippen molar-refractivity contribution in [1.29, 1.82) is 0 Å². The Morgan fingerprint density at radius 3 is 3.25 bits per heavy atom. The van der Waals surface area contributed by atoms with Crippen LogP contribution in [0.5, 0.6) is 0 Å². The Morgan fingerprint density at radius 1 is 1.75 bits per heavy atom. The summed E-state index contributed by atoms with van der Waals surface area (Å²) in [6.07, 6.45) is 1.63. The maximum Gasteiger partial charge on any atom is 0.372 e. The Hall–Kier alpha value is -2.07. The van der Waals surface area contributed by atoms with Crippen LogP contribution in [-0.4, -0.2) is 20.9 Å². The number of fused-ring (bicyclic) bond motifs is 1.